The summed E-state index contributed by atoms with van der Waals surface area (Å²) in [6.07, 6.45) is 8.12. The Morgan fingerprint density at radius 2 is 2.31 bits per heavy atom. The third kappa shape index (κ3) is 5.08. The average Bonchev–Trinajstić information content (AvgIpc) is 3.10. The highest BCUT2D eigenvalue weighted by Crippen LogP contribution is 2.24. The smallest absolute Gasteiger partial charge is 0.233 e. The minimum atomic E-state index is -0.292. The predicted molar refractivity (Wildman–Crippen MR) is 104 cm³/mol. The Morgan fingerprint density at radius 1 is 1.42 bits per heavy atom. The van der Waals surface area contributed by atoms with Crippen LogP contribution in [-0.2, 0) is 4.79 Å². The lowest BCUT2D eigenvalue weighted by Gasteiger charge is -2.14. The lowest BCUT2D eigenvalue weighted by molar-refractivity contribution is -0.120. The van der Waals surface area contributed by atoms with Crippen molar-refractivity contribution >= 4 is 29.3 Å². The van der Waals surface area contributed by atoms with Crippen molar-refractivity contribution in [2.24, 2.45) is 0 Å². The molecular formula is C18H22ClN5OS. The first kappa shape index (κ1) is 18.9. The van der Waals surface area contributed by atoms with Gasteiger partial charge in [-0.15, -0.1) is 5.10 Å². The van der Waals surface area contributed by atoms with Gasteiger partial charge in [-0.05, 0) is 67.7 Å². The van der Waals surface area contributed by atoms with E-state index in [0.29, 0.717) is 16.7 Å². The van der Waals surface area contributed by atoms with Crippen molar-refractivity contribution in [1.82, 2.24) is 25.5 Å². The molecule has 26 heavy (non-hydrogen) atoms. The van der Waals surface area contributed by atoms with Gasteiger partial charge >= 0.3 is 0 Å². The van der Waals surface area contributed by atoms with Crippen LogP contribution >= 0.6 is 23.4 Å². The number of amides is 1. The number of thioether (sulfide) groups is 1. The molecule has 0 radical (unpaired) electrons. The lowest BCUT2D eigenvalue weighted by atomic mass is 9.97. The number of allylic oxidation sites excluding steroid dienone is 1. The van der Waals surface area contributed by atoms with Gasteiger partial charge in [0.25, 0.3) is 0 Å². The number of tetrazole rings is 1. The van der Waals surface area contributed by atoms with E-state index in [1.807, 2.05) is 19.1 Å². The van der Waals surface area contributed by atoms with E-state index >= 15 is 0 Å². The largest absolute Gasteiger partial charge is 0.355 e. The second-order valence-electron chi connectivity index (χ2n) is 6.26. The van der Waals surface area contributed by atoms with Gasteiger partial charge in [0.05, 0.1) is 10.9 Å². The van der Waals surface area contributed by atoms with Crippen LogP contribution in [0, 0.1) is 0 Å². The first-order valence-corrected chi connectivity index (χ1v) is 10.1. The van der Waals surface area contributed by atoms with Gasteiger partial charge in [0, 0.05) is 11.6 Å². The van der Waals surface area contributed by atoms with Crippen LogP contribution < -0.4 is 5.32 Å². The van der Waals surface area contributed by atoms with Crippen molar-refractivity contribution in [1.29, 1.82) is 0 Å². The topological polar surface area (TPSA) is 72.7 Å². The fourth-order valence-corrected chi connectivity index (χ4v) is 3.87. The molecular weight excluding hydrogens is 370 g/mol. The van der Waals surface area contributed by atoms with Crippen LogP contribution in [-0.4, -0.2) is 37.9 Å². The summed E-state index contributed by atoms with van der Waals surface area (Å²) >= 11 is 7.36. The highest BCUT2D eigenvalue weighted by atomic mass is 35.5. The molecule has 0 aliphatic heterocycles. The predicted octanol–water partition coefficient (Wildman–Crippen LogP) is 3.80. The monoisotopic (exact) mass is 391 g/mol. The quantitative estimate of drug-likeness (QED) is 0.574. The normalized spacial score (nSPS) is 15.4. The fraction of sp³-hybridized carbons (Fsp3) is 0.444. The number of aromatic nitrogens is 4. The van der Waals surface area contributed by atoms with Crippen LogP contribution in [0.5, 0.6) is 0 Å². The highest BCUT2D eigenvalue weighted by molar-refractivity contribution is 8.00. The molecule has 0 fully saturated rings. The SMILES string of the molecule is C[C@H](Sc1nnnn1-c1cccc(Cl)c1)C(=O)NCCC1=CCCCC1. The summed E-state index contributed by atoms with van der Waals surface area (Å²) in [5.74, 6) is -0.00736. The summed E-state index contributed by atoms with van der Waals surface area (Å²) in [6, 6.07) is 7.28. The van der Waals surface area contributed by atoms with Crippen molar-refractivity contribution in [3.05, 3.63) is 40.9 Å². The molecule has 6 nitrogen and oxygen atoms in total. The van der Waals surface area contributed by atoms with E-state index in [1.54, 1.807) is 16.8 Å². The van der Waals surface area contributed by atoms with Crippen LogP contribution in [0.1, 0.15) is 39.0 Å². The van der Waals surface area contributed by atoms with Gasteiger partial charge in [-0.3, -0.25) is 4.79 Å². The van der Waals surface area contributed by atoms with Crippen LogP contribution in [0.25, 0.3) is 5.69 Å². The Hall–Kier alpha value is -1.86. The third-order valence-electron chi connectivity index (χ3n) is 4.28. The maximum Gasteiger partial charge on any atom is 0.233 e. The molecule has 1 heterocycles. The Labute approximate surface area is 162 Å². The van der Waals surface area contributed by atoms with E-state index in [0.717, 1.165) is 18.5 Å². The maximum absolute atomic E-state index is 12.4. The molecule has 1 aromatic heterocycles. The molecule has 2 aromatic rings. The van der Waals surface area contributed by atoms with Crippen LogP contribution in [0.2, 0.25) is 5.02 Å². The van der Waals surface area contributed by atoms with E-state index < -0.39 is 0 Å². The van der Waals surface area contributed by atoms with Gasteiger partial charge in [0.1, 0.15) is 0 Å². The Bertz CT molecular complexity index is 791. The van der Waals surface area contributed by atoms with Crippen LogP contribution in [0.4, 0.5) is 0 Å². The number of carbonyl (C=O) groups is 1. The summed E-state index contributed by atoms with van der Waals surface area (Å²) < 4.78 is 1.59. The molecule has 1 atom stereocenters. The zero-order valence-corrected chi connectivity index (χ0v) is 16.3. The van der Waals surface area contributed by atoms with Gasteiger partial charge in [-0.1, -0.05) is 41.1 Å². The molecule has 1 N–H and O–H groups in total. The summed E-state index contributed by atoms with van der Waals surface area (Å²) in [7, 11) is 0. The molecule has 3 rings (SSSR count). The number of halogens is 1. The van der Waals surface area contributed by atoms with Crippen LogP contribution in [0.15, 0.2) is 41.1 Å². The number of hydrogen-bond donors (Lipinski definition) is 1. The molecule has 0 spiro atoms. The maximum atomic E-state index is 12.4. The summed E-state index contributed by atoms with van der Waals surface area (Å²) in [5.41, 5.74) is 2.23. The van der Waals surface area contributed by atoms with E-state index in [4.69, 9.17) is 11.6 Å². The molecule has 1 aromatic carbocycles. The zero-order valence-electron chi connectivity index (χ0n) is 14.7. The molecule has 1 aliphatic carbocycles. The molecule has 0 saturated heterocycles. The number of rotatable bonds is 7. The second-order valence-corrected chi connectivity index (χ2v) is 8.01. The number of carbonyl (C=O) groups excluding carboxylic acids is 1. The Kier molecular flexibility index (Phi) is 6.68. The van der Waals surface area contributed by atoms with Crippen LogP contribution in [0.3, 0.4) is 0 Å². The molecule has 0 bridgehead atoms. The summed E-state index contributed by atoms with van der Waals surface area (Å²) in [5, 5.41) is 15.6. The highest BCUT2D eigenvalue weighted by Gasteiger charge is 2.19. The number of benzene rings is 1. The van der Waals surface area contributed by atoms with Gasteiger partial charge in [-0.2, -0.15) is 4.68 Å². The molecule has 1 aliphatic rings. The molecule has 138 valence electrons. The second kappa shape index (κ2) is 9.19. The van der Waals surface area contributed by atoms with Gasteiger partial charge in [0.2, 0.25) is 11.1 Å². The van der Waals surface area contributed by atoms with E-state index in [-0.39, 0.29) is 11.2 Å². The molecule has 1 amide bonds. The minimum absolute atomic E-state index is 0.00736. The van der Waals surface area contributed by atoms with Crippen molar-refractivity contribution in [3.8, 4) is 5.69 Å². The summed E-state index contributed by atoms with van der Waals surface area (Å²) in [4.78, 5) is 12.4. The zero-order chi connectivity index (χ0) is 18.4. The standard InChI is InChI=1S/C18H22ClN5OS/c1-13(17(25)20-11-10-14-6-3-2-4-7-14)26-18-21-22-23-24(18)16-9-5-8-15(19)12-16/h5-6,8-9,12-13H,2-4,7,10-11H2,1H3,(H,20,25)/t13-/m0/s1. The van der Waals surface area contributed by atoms with Gasteiger partial charge < -0.3 is 5.32 Å². The first-order chi connectivity index (χ1) is 12.6. The van der Waals surface area contributed by atoms with Crippen molar-refractivity contribution in [2.75, 3.05) is 6.54 Å². The average molecular weight is 392 g/mol. The minimum Gasteiger partial charge on any atom is -0.355 e. The number of nitrogens with one attached hydrogen (secondary N) is 1. The van der Waals surface area contributed by atoms with Crippen molar-refractivity contribution < 1.29 is 4.79 Å². The summed E-state index contributed by atoms with van der Waals surface area (Å²) in [6.45, 7) is 2.53. The number of hydrogen-bond acceptors (Lipinski definition) is 5. The van der Waals surface area contributed by atoms with Crippen molar-refractivity contribution in [3.63, 3.8) is 0 Å². The first-order valence-electron chi connectivity index (χ1n) is 8.80. The molecule has 0 saturated carbocycles. The molecule has 0 unspecified atom stereocenters. The van der Waals surface area contributed by atoms with E-state index in [2.05, 4.69) is 26.9 Å². The van der Waals surface area contributed by atoms with E-state index in [9.17, 15) is 4.79 Å². The molecule has 8 heteroatoms. The van der Waals surface area contributed by atoms with E-state index in [1.165, 1.54) is 36.6 Å². The fourth-order valence-electron chi connectivity index (χ4n) is 2.86. The van der Waals surface area contributed by atoms with Crippen molar-refractivity contribution in [2.45, 2.75) is 49.4 Å². The Morgan fingerprint density at radius 3 is 3.08 bits per heavy atom. The van der Waals surface area contributed by atoms with Gasteiger partial charge in [0.15, 0.2) is 0 Å². The lowest BCUT2D eigenvalue weighted by Crippen LogP contribution is -2.32. The third-order valence-corrected chi connectivity index (χ3v) is 5.54. The number of nitrogens with zero attached hydrogens (tertiary/aromatic N) is 4. The Balaban J connectivity index is 1.54. The van der Waals surface area contributed by atoms with Gasteiger partial charge in [-0.25, -0.2) is 0 Å².